The van der Waals surface area contributed by atoms with Gasteiger partial charge in [-0.05, 0) is 7.05 Å². The minimum Gasteiger partial charge on any atom is -0.319 e. The van der Waals surface area contributed by atoms with E-state index in [1.165, 1.54) is 0 Å². The molecule has 0 aliphatic rings. The summed E-state index contributed by atoms with van der Waals surface area (Å²) in [6, 6.07) is 0. The van der Waals surface area contributed by atoms with Crippen LogP contribution in [0.4, 0.5) is 0 Å². The maximum Gasteiger partial charge on any atom is 0.199 e. The van der Waals surface area contributed by atoms with Gasteiger partial charge in [0.1, 0.15) is 8.24 Å². The smallest absolute Gasteiger partial charge is 0.199 e. The van der Waals surface area contributed by atoms with Crippen molar-refractivity contribution in [1.29, 1.82) is 0 Å². The van der Waals surface area contributed by atoms with Crippen molar-refractivity contribution >= 4 is 34.1 Å². The maximum absolute atomic E-state index is 11.6. The lowest BCUT2D eigenvalue weighted by atomic mass is 10.7. The van der Waals surface area contributed by atoms with E-state index in [0.29, 0.717) is 0 Å². The largest absolute Gasteiger partial charge is 0.319 e. The first-order chi connectivity index (χ1) is 5.98. The van der Waals surface area contributed by atoms with E-state index in [9.17, 15) is 4.79 Å². The molecule has 1 unspecified atom stereocenters. The van der Waals surface area contributed by atoms with Gasteiger partial charge in [-0.15, -0.1) is 12.6 Å². The Bertz CT molecular complexity index is 220. The average molecular weight is 250 g/mol. The minimum atomic E-state index is -1.49. The molecule has 0 rings (SSSR count). The van der Waals surface area contributed by atoms with E-state index in [1.54, 1.807) is 0 Å². The molecule has 0 bridgehead atoms. The monoisotopic (exact) mass is 249 g/mol. The zero-order chi connectivity index (χ0) is 11.7. The summed E-state index contributed by atoms with van der Waals surface area (Å²) < 4.78 is 2.29. The number of nitrogens with zero attached hydrogens (tertiary/aromatic N) is 1. The van der Waals surface area contributed by atoms with Gasteiger partial charge in [-0.3, -0.25) is 4.79 Å². The summed E-state index contributed by atoms with van der Waals surface area (Å²) in [4.78, 5) is 11.6. The Hall–Kier alpha value is 0.414. The highest BCUT2D eigenvalue weighted by Crippen LogP contribution is 2.21. The average Bonchev–Trinajstić information content (AvgIpc) is 1.79. The minimum absolute atomic E-state index is 0.0362. The topological polar surface area (TPSA) is 20.3 Å². The second-order valence-electron chi connectivity index (χ2n) is 5.89. The van der Waals surface area contributed by atoms with Crippen LogP contribution in [0.15, 0.2) is 0 Å². The quantitative estimate of drug-likeness (QED) is 0.610. The van der Waals surface area contributed by atoms with Crippen molar-refractivity contribution in [2.24, 2.45) is 0 Å². The predicted octanol–water partition coefficient (Wildman–Crippen LogP) is 2.46. The standard InChI is InChI=1S/C9H23NOSSi2/c1-10(14(5,6)7)8(9(11)12)13(2,3)4/h8H,1-7H3,(H,11,12). The molecule has 0 aromatic rings. The summed E-state index contributed by atoms with van der Waals surface area (Å²) in [5, 5.41) is 0.0362. The molecule has 0 spiro atoms. The highest BCUT2D eigenvalue weighted by atomic mass is 32.1. The molecule has 0 aromatic heterocycles. The first-order valence-electron chi connectivity index (χ1n) is 4.93. The fraction of sp³-hybridized carbons (Fsp3) is 0.889. The van der Waals surface area contributed by atoms with Crippen molar-refractivity contribution in [2.75, 3.05) is 7.05 Å². The van der Waals surface area contributed by atoms with Crippen molar-refractivity contribution < 1.29 is 4.79 Å². The first-order valence-corrected chi connectivity index (χ1v) is 12.4. The number of rotatable bonds is 4. The van der Waals surface area contributed by atoms with Crippen molar-refractivity contribution in [3.8, 4) is 0 Å². The molecule has 0 heterocycles. The second-order valence-corrected chi connectivity index (χ2v) is 16.7. The van der Waals surface area contributed by atoms with Crippen LogP contribution in [0, 0.1) is 0 Å². The van der Waals surface area contributed by atoms with Crippen LogP contribution in [0.2, 0.25) is 39.3 Å². The van der Waals surface area contributed by atoms with Gasteiger partial charge < -0.3 is 4.57 Å². The summed E-state index contributed by atoms with van der Waals surface area (Å²) in [6.07, 6.45) is 0. The van der Waals surface area contributed by atoms with Gasteiger partial charge in [-0.2, -0.15) is 0 Å². The third-order valence-corrected chi connectivity index (χ3v) is 7.91. The summed E-state index contributed by atoms with van der Waals surface area (Å²) in [7, 11) is -0.813. The van der Waals surface area contributed by atoms with Gasteiger partial charge in [-0.1, -0.05) is 39.3 Å². The summed E-state index contributed by atoms with van der Waals surface area (Å²) in [6.45, 7) is 13.5. The molecule has 0 fully saturated rings. The highest BCUT2D eigenvalue weighted by molar-refractivity contribution is 7.97. The first kappa shape index (κ1) is 14.4. The van der Waals surface area contributed by atoms with Crippen LogP contribution in [-0.4, -0.2) is 38.7 Å². The summed E-state index contributed by atoms with van der Waals surface area (Å²) >= 11 is 4.03. The Morgan fingerprint density at radius 3 is 1.57 bits per heavy atom. The molecular weight excluding hydrogens is 226 g/mol. The number of carbonyl (C=O) groups is 1. The van der Waals surface area contributed by atoms with E-state index in [4.69, 9.17) is 0 Å². The van der Waals surface area contributed by atoms with Crippen molar-refractivity contribution in [2.45, 2.75) is 44.9 Å². The molecule has 0 aromatic carbocycles. The second kappa shape index (κ2) is 4.51. The van der Waals surface area contributed by atoms with Gasteiger partial charge in [0.2, 0.25) is 0 Å². The Kier molecular flexibility index (Phi) is 4.64. The van der Waals surface area contributed by atoms with Crippen LogP contribution >= 0.6 is 12.6 Å². The van der Waals surface area contributed by atoms with E-state index in [1.807, 2.05) is 0 Å². The van der Waals surface area contributed by atoms with Gasteiger partial charge in [-0.25, -0.2) is 0 Å². The lowest BCUT2D eigenvalue weighted by Gasteiger charge is -2.41. The van der Waals surface area contributed by atoms with E-state index in [0.717, 1.165) is 0 Å². The summed E-state index contributed by atoms with van der Waals surface area (Å²) in [5.41, 5.74) is 0.0532. The molecule has 0 aliphatic heterocycles. The maximum atomic E-state index is 11.6. The SMILES string of the molecule is CN(C(C(=O)S)[Si](C)(C)C)[Si](C)(C)C. The van der Waals surface area contributed by atoms with Gasteiger partial charge >= 0.3 is 0 Å². The van der Waals surface area contributed by atoms with E-state index in [-0.39, 0.29) is 10.8 Å². The molecule has 1 atom stereocenters. The zero-order valence-corrected chi connectivity index (χ0v) is 13.3. The van der Waals surface area contributed by atoms with Crippen LogP contribution in [0.5, 0.6) is 0 Å². The van der Waals surface area contributed by atoms with Crippen molar-refractivity contribution in [3.05, 3.63) is 0 Å². The van der Waals surface area contributed by atoms with Gasteiger partial charge in [0.05, 0.1) is 13.7 Å². The number of thiol groups is 1. The predicted molar refractivity (Wildman–Crippen MR) is 72.2 cm³/mol. The molecule has 5 heteroatoms. The van der Waals surface area contributed by atoms with Crippen LogP contribution in [-0.2, 0) is 4.79 Å². The number of likely N-dealkylation sites (N-methyl/N-ethyl adjacent to an activating group) is 1. The number of carbonyl (C=O) groups excluding carboxylic acids is 1. The van der Waals surface area contributed by atoms with Gasteiger partial charge in [0.15, 0.2) is 5.12 Å². The molecule has 0 radical (unpaired) electrons. The molecule has 0 saturated carbocycles. The van der Waals surface area contributed by atoms with Crippen LogP contribution < -0.4 is 0 Å². The molecule has 0 amide bonds. The fourth-order valence-corrected chi connectivity index (χ4v) is 8.07. The van der Waals surface area contributed by atoms with Crippen LogP contribution in [0.1, 0.15) is 0 Å². The third kappa shape index (κ3) is 3.88. The molecule has 0 saturated heterocycles. The van der Waals surface area contributed by atoms with Gasteiger partial charge in [0.25, 0.3) is 0 Å². The van der Waals surface area contributed by atoms with Crippen LogP contribution in [0.3, 0.4) is 0 Å². The van der Waals surface area contributed by atoms with E-state index < -0.39 is 16.3 Å². The lowest BCUT2D eigenvalue weighted by Crippen LogP contribution is -2.60. The molecule has 84 valence electrons. The highest BCUT2D eigenvalue weighted by Gasteiger charge is 2.39. The third-order valence-electron chi connectivity index (χ3n) is 2.50. The molecule has 2 nitrogen and oxygen atoms in total. The zero-order valence-electron chi connectivity index (χ0n) is 10.4. The summed E-state index contributed by atoms with van der Waals surface area (Å²) in [5.74, 6) is 0. The molecular formula is C9H23NOSSi2. The Labute approximate surface area is 95.6 Å². The Balaban J connectivity index is 4.96. The Morgan fingerprint density at radius 2 is 1.50 bits per heavy atom. The number of hydrogen-bond acceptors (Lipinski definition) is 2. The normalized spacial score (nSPS) is 15.8. The van der Waals surface area contributed by atoms with E-state index >= 15 is 0 Å². The number of hydrogen-bond donors (Lipinski definition) is 1. The molecule has 0 N–H and O–H groups in total. The van der Waals surface area contributed by atoms with Gasteiger partial charge in [0, 0.05) is 0 Å². The molecule has 14 heavy (non-hydrogen) atoms. The van der Waals surface area contributed by atoms with E-state index in [2.05, 4.69) is 63.5 Å². The molecule has 0 aliphatic carbocycles. The fourth-order valence-electron chi connectivity index (χ4n) is 1.50. The van der Waals surface area contributed by atoms with Crippen LogP contribution in [0.25, 0.3) is 0 Å². The van der Waals surface area contributed by atoms with Crippen molar-refractivity contribution in [3.63, 3.8) is 0 Å². The Morgan fingerprint density at radius 1 is 1.14 bits per heavy atom. The van der Waals surface area contributed by atoms with Crippen molar-refractivity contribution in [1.82, 2.24) is 4.57 Å². The lowest BCUT2D eigenvalue weighted by molar-refractivity contribution is -0.112.